The molecule has 10 heteroatoms. The van der Waals surface area contributed by atoms with Crippen LogP contribution in [0.5, 0.6) is 5.75 Å². The Balaban J connectivity index is 1.55. The molecule has 6 nitrogen and oxygen atoms in total. The minimum atomic E-state index is -4.70. The second-order valence-corrected chi connectivity index (χ2v) is 8.88. The van der Waals surface area contributed by atoms with E-state index < -0.39 is 26.4 Å². The fourth-order valence-corrected chi connectivity index (χ4v) is 3.49. The molecule has 3 aromatic carbocycles. The Labute approximate surface area is 187 Å². The van der Waals surface area contributed by atoms with Gasteiger partial charge >= 0.3 is 5.76 Å². The Morgan fingerprint density at radius 1 is 0.875 bits per heavy atom. The maximum atomic E-state index is 12.5. The Bertz CT molecular complexity index is 1210. The molecule has 0 spiro atoms. The van der Waals surface area contributed by atoms with Gasteiger partial charge in [0, 0.05) is 21.8 Å². The topological polar surface area (TPSA) is 89.5 Å². The van der Waals surface area contributed by atoms with E-state index in [2.05, 4.69) is 5.32 Å². The van der Waals surface area contributed by atoms with Crippen molar-refractivity contribution in [1.29, 1.82) is 0 Å². The van der Waals surface area contributed by atoms with Gasteiger partial charge in [0.05, 0.1) is 4.90 Å². The first-order valence-electron chi connectivity index (χ1n) is 9.12. The molecule has 1 N–H and O–H groups in total. The lowest BCUT2D eigenvalue weighted by molar-refractivity contribution is -0.118. The Morgan fingerprint density at radius 2 is 1.41 bits per heavy atom. The molecule has 3 aromatic rings. The first kappa shape index (κ1) is 23.4. The molecule has 0 saturated carbocycles. The van der Waals surface area contributed by atoms with Crippen LogP contribution in [0.4, 0.5) is 14.5 Å². The van der Waals surface area contributed by atoms with Crippen molar-refractivity contribution in [2.24, 2.45) is 0 Å². The number of rotatable bonds is 8. The van der Waals surface area contributed by atoms with E-state index in [1.165, 1.54) is 12.1 Å². The number of ketones is 1. The summed E-state index contributed by atoms with van der Waals surface area (Å²) in [6, 6.07) is 17.0. The molecule has 0 saturated heterocycles. The number of hydrogen-bond acceptors (Lipinski definition) is 5. The molecule has 0 aromatic heterocycles. The number of nitrogens with one attached hydrogen (secondary N) is 1. The van der Waals surface area contributed by atoms with Crippen LogP contribution >= 0.6 is 11.6 Å². The Hall–Kier alpha value is -3.30. The Morgan fingerprint density at radius 3 is 1.94 bits per heavy atom. The van der Waals surface area contributed by atoms with E-state index in [9.17, 15) is 26.8 Å². The fraction of sp³-hybridized carbons (Fsp3) is 0.0909. The summed E-state index contributed by atoms with van der Waals surface area (Å²) in [7, 11) is -4.70. The quantitative estimate of drug-likeness (QED) is 0.477. The summed E-state index contributed by atoms with van der Waals surface area (Å²) >= 11 is 5.82. The molecule has 166 valence electrons. The number of anilines is 1. The highest BCUT2D eigenvalue weighted by Gasteiger charge is 2.26. The van der Waals surface area contributed by atoms with Gasteiger partial charge in [-0.15, -0.1) is 0 Å². The third-order valence-electron chi connectivity index (χ3n) is 4.29. The summed E-state index contributed by atoms with van der Waals surface area (Å²) in [5.74, 6) is -3.91. The monoisotopic (exact) mass is 479 g/mol. The van der Waals surface area contributed by atoms with Crippen LogP contribution in [0.3, 0.4) is 0 Å². The second kappa shape index (κ2) is 9.88. The van der Waals surface area contributed by atoms with Gasteiger partial charge in [0.2, 0.25) is 9.84 Å². The van der Waals surface area contributed by atoms with Crippen LogP contribution in [0.2, 0.25) is 5.02 Å². The smallest absolute Gasteiger partial charge is 0.341 e. The molecule has 32 heavy (non-hydrogen) atoms. The van der Waals surface area contributed by atoms with Gasteiger partial charge in [-0.2, -0.15) is 8.78 Å². The number of sulfone groups is 1. The van der Waals surface area contributed by atoms with Crippen molar-refractivity contribution in [3.8, 4) is 5.75 Å². The number of ether oxygens (including phenoxy) is 1. The van der Waals surface area contributed by atoms with Gasteiger partial charge in [-0.25, -0.2) is 8.42 Å². The average molecular weight is 480 g/mol. The maximum absolute atomic E-state index is 12.5. The van der Waals surface area contributed by atoms with Gasteiger partial charge in [0.25, 0.3) is 5.91 Å². The van der Waals surface area contributed by atoms with Crippen LogP contribution in [-0.2, 0) is 14.6 Å². The Kier molecular flexibility index (Phi) is 7.22. The maximum Gasteiger partial charge on any atom is 0.341 e. The molecule has 1 amide bonds. The summed E-state index contributed by atoms with van der Waals surface area (Å²) < 4.78 is 53.3. The number of alkyl halides is 2. The van der Waals surface area contributed by atoms with Crippen LogP contribution in [0, 0.1) is 0 Å². The van der Waals surface area contributed by atoms with Gasteiger partial charge in [-0.1, -0.05) is 11.6 Å². The molecule has 0 heterocycles. The van der Waals surface area contributed by atoms with E-state index in [4.69, 9.17) is 16.3 Å². The zero-order valence-corrected chi connectivity index (χ0v) is 17.9. The van der Waals surface area contributed by atoms with E-state index in [1.807, 2.05) is 0 Å². The first-order chi connectivity index (χ1) is 15.2. The van der Waals surface area contributed by atoms with Crippen molar-refractivity contribution in [2.45, 2.75) is 10.7 Å². The summed E-state index contributed by atoms with van der Waals surface area (Å²) in [5, 5.41) is 2.99. The van der Waals surface area contributed by atoms with E-state index >= 15 is 0 Å². The molecule has 0 bridgehead atoms. The number of benzene rings is 3. The van der Waals surface area contributed by atoms with Crippen molar-refractivity contribution in [3.63, 3.8) is 0 Å². The molecular weight excluding hydrogens is 464 g/mol. The van der Waals surface area contributed by atoms with Crippen molar-refractivity contribution in [2.75, 3.05) is 11.9 Å². The summed E-state index contributed by atoms with van der Waals surface area (Å²) in [5.41, 5.74) is 1.13. The molecule has 3 rings (SSSR count). The first-order valence-corrected chi connectivity index (χ1v) is 11.0. The highest BCUT2D eigenvalue weighted by Crippen LogP contribution is 2.21. The summed E-state index contributed by atoms with van der Waals surface area (Å²) in [4.78, 5) is 23.9. The summed E-state index contributed by atoms with van der Waals surface area (Å²) in [6.45, 7) is -0.360. The third-order valence-corrected chi connectivity index (χ3v) is 5.94. The number of hydrogen-bond donors (Lipinski definition) is 1. The molecular formula is C22H16ClF2NO5S. The standard InChI is InChI=1S/C22H16ClF2NO5S/c23-16-5-1-14(2-6-16)21(28)15-3-9-18(10-4-15)31-13-20(27)26-17-7-11-19(12-8-17)32(29,30)22(24)25/h1-12,22H,13H2,(H,26,27). The molecule has 0 aliphatic rings. The van der Waals surface area contributed by atoms with Crippen molar-refractivity contribution >= 4 is 38.8 Å². The predicted molar refractivity (Wildman–Crippen MR) is 115 cm³/mol. The normalized spacial score (nSPS) is 11.2. The molecule has 0 atom stereocenters. The third kappa shape index (κ3) is 5.68. The van der Waals surface area contributed by atoms with Crippen LogP contribution in [0.25, 0.3) is 0 Å². The lowest BCUT2D eigenvalue weighted by atomic mass is 10.0. The van der Waals surface area contributed by atoms with Crippen molar-refractivity contribution in [1.82, 2.24) is 0 Å². The molecule has 0 unspecified atom stereocenters. The number of carbonyl (C=O) groups is 2. The molecule has 0 aliphatic carbocycles. The van der Waals surface area contributed by atoms with E-state index in [0.717, 1.165) is 12.1 Å². The van der Waals surface area contributed by atoms with E-state index in [0.29, 0.717) is 21.9 Å². The zero-order valence-electron chi connectivity index (χ0n) is 16.3. The van der Waals surface area contributed by atoms with Crippen LogP contribution in [0.1, 0.15) is 15.9 Å². The van der Waals surface area contributed by atoms with Crippen LogP contribution in [-0.4, -0.2) is 32.5 Å². The lowest BCUT2D eigenvalue weighted by Crippen LogP contribution is -2.20. The molecule has 0 fully saturated rings. The van der Waals surface area contributed by atoms with Crippen molar-refractivity contribution in [3.05, 3.63) is 88.9 Å². The summed E-state index contributed by atoms with van der Waals surface area (Å²) in [6.07, 6.45) is 0. The number of amides is 1. The van der Waals surface area contributed by atoms with Crippen LogP contribution < -0.4 is 10.1 Å². The van der Waals surface area contributed by atoms with Gasteiger partial charge in [0.1, 0.15) is 5.75 Å². The van der Waals surface area contributed by atoms with Crippen molar-refractivity contribution < 1.29 is 31.5 Å². The molecule has 0 aliphatic heterocycles. The average Bonchev–Trinajstić information content (AvgIpc) is 2.78. The highest BCUT2D eigenvalue weighted by molar-refractivity contribution is 7.91. The number of halogens is 3. The SMILES string of the molecule is O=C(COc1ccc(C(=O)c2ccc(Cl)cc2)cc1)Nc1ccc(S(=O)(=O)C(F)F)cc1. The van der Waals surface area contributed by atoms with Gasteiger partial charge in [-0.05, 0) is 72.8 Å². The fourth-order valence-electron chi connectivity index (χ4n) is 2.65. The minimum Gasteiger partial charge on any atom is -0.484 e. The zero-order chi connectivity index (χ0) is 23.3. The van der Waals surface area contributed by atoms with E-state index in [-0.39, 0.29) is 18.1 Å². The van der Waals surface area contributed by atoms with E-state index in [1.54, 1.807) is 48.5 Å². The largest absolute Gasteiger partial charge is 0.484 e. The highest BCUT2D eigenvalue weighted by atomic mass is 35.5. The van der Waals surface area contributed by atoms with Gasteiger partial charge in [0.15, 0.2) is 12.4 Å². The van der Waals surface area contributed by atoms with Gasteiger partial charge in [-0.3, -0.25) is 9.59 Å². The predicted octanol–water partition coefficient (Wildman–Crippen LogP) is 4.58. The van der Waals surface area contributed by atoms with Crippen LogP contribution in [0.15, 0.2) is 77.7 Å². The second-order valence-electron chi connectivity index (χ2n) is 6.53. The lowest BCUT2D eigenvalue weighted by Gasteiger charge is -2.09. The number of carbonyl (C=O) groups excluding carboxylic acids is 2. The molecule has 0 radical (unpaired) electrons. The minimum absolute atomic E-state index is 0.191. The van der Waals surface area contributed by atoms with Gasteiger partial charge < -0.3 is 10.1 Å².